The highest BCUT2D eigenvalue weighted by molar-refractivity contribution is 6.07. The van der Waals surface area contributed by atoms with Crippen molar-refractivity contribution in [3.63, 3.8) is 0 Å². The van der Waals surface area contributed by atoms with Crippen LogP contribution in [0.5, 0.6) is 0 Å². The first-order chi connectivity index (χ1) is 7.45. The summed E-state index contributed by atoms with van der Waals surface area (Å²) in [5, 5.41) is 2.91. The van der Waals surface area contributed by atoms with Crippen LogP contribution in [0.4, 0.5) is 5.82 Å². The van der Waals surface area contributed by atoms with E-state index in [1.165, 1.54) is 5.56 Å². The number of carbonyl (C=O) groups excluding carboxylic acids is 1. The minimum atomic E-state index is -0.230. The molecule has 0 aromatic carbocycles. The van der Waals surface area contributed by atoms with Crippen LogP contribution in [-0.4, -0.2) is 10.9 Å². The first kappa shape index (κ1) is 9.82. The van der Waals surface area contributed by atoms with E-state index in [1.54, 1.807) is 6.20 Å². The number of pyridine rings is 1. The van der Waals surface area contributed by atoms with Crippen LogP contribution in [0.3, 0.4) is 0 Å². The number of amides is 1. The molecule has 0 bridgehead atoms. The monoisotopic (exact) mass is 216 g/mol. The predicted octanol–water partition coefficient (Wildman–Crippen LogP) is 2.36. The molecule has 3 rings (SSSR count). The first-order valence-corrected chi connectivity index (χ1v) is 5.77. The van der Waals surface area contributed by atoms with E-state index in [0.29, 0.717) is 0 Å². The van der Waals surface area contributed by atoms with Gasteiger partial charge in [0.25, 0.3) is 0 Å². The van der Waals surface area contributed by atoms with E-state index in [0.717, 1.165) is 24.2 Å². The lowest BCUT2D eigenvalue weighted by Crippen LogP contribution is -2.22. The van der Waals surface area contributed by atoms with Gasteiger partial charge in [-0.15, -0.1) is 0 Å². The quantitative estimate of drug-likeness (QED) is 0.723. The number of fused-ring (bicyclic) bond motifs is 2. The fraction of sp³-hybridized carbons (Fsp3) is 0.538. The van der Waals surface area contributed by atoms with Gasteiger partial charge in [-0.1, -0.05) is 20.8 Å². The van der Waals surface area contributed by atoms with Crippen molar-refractivity contribution in [1.29, 1.82) is 0 Å². The van der Waals surface area contributed by atoms with Gasteiger partial charge >= 0.3 is 0 Å². The van der Waals surface area contributed by atoms with Gasteiger partial charge in [0.2, 0.25) is 5.91 Å². The maximum Gasteiger partial charge on any atom is 0.236 e. The van der Waals surface area contributed by atoms with Crippen molar-refractivity contribution in [3.8, 4) is 0 Å². The normalized spacial score (nSPS) is 20.8. The summed E-state index contributed by atoms with van der Waals surface area (Å²) in [5.74, 6) is 0.932. The topological polar surface area (TPSA) is 42.0 Å². The summed E-state index contributed by atoms with van der Waals surface area (Å²) in [5.41, 5.74) is 2.25. The van der Waals surface area contributed by atoms with Crippen molar-refractivity contribution < 1.29 is 4.79 Å². The Labute approximate surface area is 95.3 Å². The minimum Gasteiger partial charge on any atom is -0.310 e. The van der Waals surface area contributed by atoms with E-state index in [2.05, 4.69) is 37.1 Å². The number of aromatic nitrogens is 1. The largest absolute Gasteiger partial charge is 0.310 e. The highest BCUT2D eigenvalue weighted by Gasteiger charge is 2.58. The van der Waals surface area contributed by atoms with Crippen molar-refractivity contribution in [1.82, 2.24) is 4.98 Å². The zero-order valence-corrected chi connectivity index (χ0v) is 9.92. The van der Waals surface area contributed by atoms with Gasteiger partial charge in [-0.25, -0.2) is 4.98 Å². The predicted molar refractivity (Wildman–Crippen MR) is 62.5 cm³/mol. The van der Waals surface area contributed by atoms with Gasteiger partial charge in [-0.2, -0.15) is 0 Å². The maximum atomic E-state index is 11.9. The van der Waals surface area contributed by atoms with Gasteiger partial charge in [0.05, 0.1) is 5.41 Å². The third kappa shape index (κ3) is 1.09. The number of hydrogen-bond acceptors (Lipinski definition) is 2. The van der Waals surface area contributed by atoms with Crippen LogP contribution in [0, 0.1) is 0 Å². The molecule has 3 nitrogen and oxygen atoms in total. The summed E-state index contributed by atoms with van der Waals surface area (Å²) in [6, 6.07) is 2.05. The van der Waals surface area contributed by atoms with Crippen LogP contribution < -0.4 is 5.32 Å². The van der Waals surface area contributed by atoms with Gasteiger partial charge in [0.15, 0.2) is 0 Å². The molecule has 1 amide bonds. The summed E-state index contributed by atoms with van der Waals surface area (Å²) in [6.07, 6.45) is 3.74. The third-order valence-electron chi connectivity index (χ3n) is 3.65. The molecule has 0 radical (unpaired) electrons. The SMILES string of the molecule is CC(C)(C)c1ccnc2c1C1(CC1)C(=O)N2. The number of nitrogens with one attached hydrogen (secondary N) is 1. The molecule has 1 saturated carbocycles. The van der Waals surface area contributed by atoms with E-state index >= 15 is 0 Å². The molecule has 1 aliphatic carbocycles. The second kappa shape index (κ2) is 2.65. The summed E-state index contributed by atoms with van der Waals surface area (Å²) in [7, 11) is 0. The number of hydrogen-bond donors (Lipinski definition) is 1. The number of rotatable bonds is 0. The second-order valence-corrected chi connectivity index (χ2v) is 5.87. The molecule has 1 spiro atoms. The number of nitrogens with zero attached hydrogens (tertiary/aromatic N) is 1. The van der Waals surface area contributed by atoms with E-state index < -0.39 is 0 Å². The summed E-state index contributed by atoms with van der Waals surface area (Å²) in [4.78, 5) is 16.2. The molecule has 84 valence electrons. The molecule has 0 atom stereocenters. The van der Waals surface area contributed by atoms with Crippen LogP contribution in [0.2, 0.25) is 0 Å². The van der Waals surface area contributed by atoms with E-state index in [1.807, 2.05) is 0 Å². The average molecular weight is 216 g/mol. The molecule has 3 heteroatoms. The molecule has 1 fully saturated rings. The van der Waals surface area contributed by atoms with Crippen LogP contribution in [0.1, 0.15) is 44.7 Å². The van der Waals surface area contributed by atoms with Crippen molar-refractivity contribution >= 4 is 11.7 Å². The molecule has 1 aromatic heterocycles. The van der Waals surface area contributed by atoms with Crippen LogP contribution in [0.15, 0.2) is 12.3 Å². The molecule has 16 heavy (non-hydrogen) atoms. The molecular formula is C13H16N2O. The van der Waals surface area contributed by atoms with Gasteiger partial charge < -0.3 is 5.32 Å². The second-order valence-electron chi connectivity index (χ2n) is 5.87. The number of carbonyl (C=O) groups is 1. The Bertz CT molecular complexity index is 481. The molecule has 2 aliphatic rings. The summed E-state index contributed by atoms with van der Waals surface area (Å²) >= 11 is 0. The molecular weight excluding hydrogens is 200 g/mol. The van der Waals surface area contributed by atoms with Crippen molar-refractivity contribution in [2.45, 2.75) is 44.4 Å². The Hall–Kier alpha value is -1.38. The van der Waals surface area contributed by atoms with E-state index in [4.69, 9.17) is 0 Å². The highest BCUT2D eigenvalue weighted by atomic mass is 16.2. The van der Waals surface area contributed by atoms with Gasteiger partial charge in [0.1, 0.15) is 5.82 Å². The highest BCUT2D eigenvalue weighted by Crippen LogP contribution is 2.56. The molecule has 1 aromatic rings. The Balaban J connectivity index is 2.26. The first-order valence-electron chi connectivity index (χ1n) is 5.77. The lowest BCUT2D eigenvalue weighted by atomic mass is 9.80. The average Bonchev–Trinajstić information content (AvgIpc) is 2.91. The fourth-order valence-corrected chi connectivity index (χ4v) is 2.61. The zero-order chi connectivity index (χ0) is 11.6. The molecule has 0 saturated heterocycles. The zero-order valence-electron chi connectivity index (χ0n) is 9.92. The minimum absolute atomic E-state index is 0.0644. The molecule has 1 N–H and O–H groups in total. The molecule has 0 unspecified atom stereocenters. The third-order valence-corrected chi connectivity index (χ3v) is 3.65. The summed E-state index contributed by atoms with van der Waals surface area (Å²) in [6.45, 7) is 6.55. The van der Waals surface area contributed by atoms with Crippen LogP contribution in [-0.2, 0) is 15.6 Å². The van der Waals surface area contributed by atoms with Gasteiger partial charge in [-0.05, 0) is 29.9 Å². The van der Waals surface area contributed by atoms with Crippen molar-refractivity contribution in [2.75, 3.05) is 5.32 Å². The maximum absolute atomic E-state index is 11.9. The van der Waals surface area contributed by atoms with Gasteiger partial charge in [0, 0.05) is 11.8 Å². The molecule has 2 heterocycles. The summed E-state index contributed by atoms with van der Waals surface area (Å²) < 4.78 is 0. The lowest BCUT2D eigenvalue weighted by Gasteiger charge is -2.23. The van der Waals surface area contributed by atoms with Crippen LogP contribution >= 0.6 is 0 Å². The smallest absolute Gasteiger partial charge is 0.236 e. The Kier molecular flexibility index (Phi) is 1.63. The Morgan fingerprint density at radius 2 is 2.06 bits per heavy atom. The van der Waals surface area contributed by atoms with Crippen molar-refractivity contribution in [3.05, 3.63) is 23.4 Å². The van der Waals surface area contributed by atoms with Crippen LogP contribution in [0.25, 0.3) is 0 Å². The fourth-order valence-electron chi connectivity index (χ4n) is 2.61. The molecule has 1 aliphatic heterocycles. The Morgan fingerprint density at radius 3 is 2.62 bits per heavy atom. The lowest BCUT2D eigenvalue weighted by molar-refractivity contribution is -0.117. The Morgan fingerprint density at radius 1 is 1.38 bits per heavy atom. The van der Waals surface area contributed by atoms with Gasteiger partial charge in [-0.3, -0.25) is 4.79 Å². The standard InChI is InChI=1S/C13H16N2O/c1-12(2,3)8-4-7-14-10-9(8)13(5-6-13)11(16)15-10/h4,7H,5-6H2,1-3H3,(H,14,15,16). The van der Waals surface area contributed by atoms with E-state index in [-0.39, 0.29) is 16.7 Å². The number of anilines is 1. The van der Waals surface area contributed by atoms with E-state index in [9.17, 15) is 4.79 Å². The van der Waals surface area contributed by atoms with Crippen molar-refractivity contribution in [2.24, 2.45) is 0 Å².